The molecule has 0 amide bonds. The van der Waals surface area contributed by atoms with Crippen molar-refractivity contribution in [1.82, 2.24) is 4.90 Å². The summed E-state index contributed by atoms with van der Waals surface area (Å²) in [5.74, 6) is 2.54. The van der Waals surface area contributed by atoms with Crippen LogP contribution in [0.4, 0.5) is 5.69 Å². The first-order valence-corrected chi connectivity index (χ1v) is 10.6. The molecule has 156 valence electrons. The zero-order valence-corrected chi connectivity index (χ0v) is 17.9. The lowest BCUT2D eigenvalue weighted by molar-refractivity contribution is 0.281. The Morgan fingerprint density at radius 1 is 0.833 bits per heavy atom. The lowest BCUT2D eigenvalue weighted by Gasteiger charge is -2.19. The highest BCUT2D eigenvalue weighted by atomic mass is 16.5. The van der Waals surface area contributed by atoms with Gasteiger partial charge in [0.05, 0.1) is 6.61 Å². The third kappa shape index (κ3) is 5.33. The Kier molecular flexibility index (Phi) is 6.55. The summed E-state index contributed by atoms with van der Waals surface area (Å²) < 4.78 is 11.8. The molecule has 4 heteroatoms. The van der Waals surface area contributed by atoms with Gasteiger partial charge >= 0.3 is 0 Å². The van der Waals surface area contributed by atoms with Crippen LogP contribution in [0.2, 0.25) is 0 Å². The van der Waals surface area contributed by atoms with Gasteiger partial charge in [0, 0.05) is 25.3 Å². The van der Waals surface area contributed by atoms with E-state index >= 15 is 0 Å². The van der Waals surface area contributed by atoms with Crippen molar-refractivity contribution in [1.29, 1.82) is 0 Å². The van der Waals surface area contributed by atoms with E-state index in [0.717, 1.165) is 56.3 Å². The number of rotatable bonds is 9. The summed E-state index contributed by atoms with van der Waals surface area (Å²) in [6.07, 6.45) is 2.15. The van der Waals surface area contributed by atoms with E-state index in [2.05, 4.69) is 60.3 Å². The first-order chi connectivity index (χ1) is 14.7. The predicted molar refractivity (Wildman–Crippen MR) is 123 cm³/mol. The summed E-state index contributed by atoms with van der Waals surface area (Å²) in [4.78, 5) is 4.61. The van der Waals surface area contributed by atoms with Gasteiger partial charge in [-0.1, -0.05) is 30.3 Å². The van der Waals surface area contributed by atoms with Gasteiger partial charge in [-0.25, -0.2) is 0 Å². The van der Waals surface area contributed by atoms with Gasteiger partial charge in [0.25, 0.3) is 0 Å². The number of benzene rings is 3. The molecule has 3 aromatic rings. The summed E-state index contributed by atoms with van der Waals surface area (Å²) in [5, 5.41) is 0. The molecule has 1 heterocycles. The molecule has 0 saturated heterocycles. The molecule has 4 rings (SSSR count). The minimum atomic E-state index is 0.724. The average Bonchev–Trinajstić information content (AvgIpc) is 3.16. The number of hydrogen-bond donors (Lipinski definition) is 0. The molecule has 0 aliphatic carbocycles. The van der Waals surface area contributed by atoms with Crippen molar-refractivity contribution in [3.05, 3.63) is 83.9 Å². The average molecular weight is 403 g/mol. The van der Waals surface area contributed by atoms with Gasteiger partial charge in [0.15, 0.2) is 0 Å². The molecule has 30 heavy (non-hydrogen) atoms. The summed E-state index contributed by atoms with van der Waals surface area (Å²) >= 11 is 0. The van der Waals surface area contributed by atoms with Crippen LogP contribution in [0.1, 0.15) is 17.5 Å². The molecular formula is C26H30N2O2. The van der Waals surface area contributed by atoms with Crippen LogP contribution in [0, 0.1) is 0 Å². The van der Waals surface area contributed by atoms with Gasteiger partial charge in [-0.05, 0) is 80.5 Å². The van der Waals surface area contributed by atoms with Crippen LogP contribution in [0.15, 0.2) is 72.8 Å². The Bertz CT molecular complexity index is 936. The third-order valence-corrected chi connectivity index (χ3v) is 5.36. The number of hydrogen-bond acceptors (Lipinski definition) is 4. The minimum Gasteiger partial charge on any atom is -0.494 e. The fraction of sp³-hybridized carbons (Fsp3) is 0.308. The molecule has 0 aromatic heterocycles. The van der Waals surface area contributed by atoms with Crippen LogP contribution in [0.3, 0.4) is 0 Å². The van der Waals surface area contributed by atoms with E-state index in [1.54, 1.807) is 0 Å². The maximum Gasteiger partial charge on any atom is 0.127 e. The molecule has 1 aliphatic heterocycles. The molecule has 0 radical (unpaired) electrons. The van der Waals surface area contributed by atoms with Crippen LogP contribution < -0.4 is 14.4 Å². The lowest BCUT2D eigenvalue weighted by atomic mass is 10.1. The molecule has 4 nitrogen and oxygen atoms in total. The molecule has 0 bridgehead atoms. The monoisotopic (exact) mass is 402 g/mol. The summed E-state index contributed by atoms with van der Waals surface area (Å²) in [6, 6.07) is 24.9. The second-order valence-corrected chi connectivity index (χ2v) is 8.02. The number of para-hydroxylation sites is 1. The number of anilines is 1. The maximum absolute atomic E-state index is 6.00. The van der Waals surface area contributed by atoms with Crippen LogP contribution in [0.5, 0.6) is 17.2 Å². The van der Waals surface area contributed by atoms with Crippen molar-refractivity contribution in [2.45, 2.75) is 19.4 Å². The highest BCUT2D eigenvalue weighted by molar-refractivity contribution is 5.58. The van der Waals surface area contributed by atoms with Crippen LogP contribution >= 0.6 is 0 Å². The Morgan fingerprint density at radius 2 is 1.50 bits per heavy atom. The zero-order chi connectivity index (χ0) is 20.8. The number of fused-ring (bicyclic) bond motifs is 1. The summed E-state index contributed by atoms with van der Waals surface area (Å²) in [5.41, 5.74) is 4.10. The Hall–Kier alpha value is -2.98. The van der Waals surface area contributed by atoms with Crippen molar-refractivity contribution in [3.8, 4) is 17.2 Å². The molecule has 0 saturated carbocycles. The quantitative estimate of drug-likeness (QED) is 0.449. The van der Waals surface area contributed by atoms with Crippen molar-refractivity contribution >= 4 is 5.69 Å². The van der Waals surface area contributed by atoms with E-state index in [4.69, 9.17) is 9.47 Å². The van der Waals surface area contributed by atoms with Crippen molar-refractivity contribution in [3.63, 3.8) is 0 Å². The topological polar surface area (TPSA) is 24.9 Å². The molecule has 1 aliphatic rings. The van der Waals surface area contributed by atoms with Crippen LogP contribution in [-0.2, 0) is 13.0 Å². The van der Waals surface area contributed by atoms with Gasteiger partial charge in [0.2, 0.25) is 0 Å². The maximum atomic E-state index is 6.00. The van der Waals surface area contributed by atoms with E-state index in [0.29, 0.717) is 0 Å². The van der Waals surface area contributed by atoms with E-state index in [1.807, 2.05) is 36.4 Å². The largest absolute Gasteiger partial charge is 0.494 e. The Labute approximate surface area is 179 Å². The molecule has 3 aromatic carbocycles. The van der Waals surface area contributed by atoms with Gasteiger partial charge in [-0.2, -0.15) is 0 Å². The van der Waals surface area contributed by atoms with Gasteiger partial charge in [-0.3, -0.25) is 0 Å². The molecular weight excluding hydrogens is 372 g/mol. The van der Waals surface area contributed by atoms with Crippen molar-refractivity contribution in [2.75, 3.05) is 38.7 Å². The normalized spacial score (nSPS) is 12.8. The van der Waals surface area contributed by atoms with E-state index in [-0.39, 0.29) is 0 Å². The Balaban J connectivity index is 1.28. The SMILES string of the molecule is CN(C)CCCOc1ccc(Oc2ccc(CN3CCc4ccccc43)cc2)cc1. The van der Waals surface area contributed by atoms with Crippen molar-refractivity contribution in [2.24, 2.45) is 0 Å². The molecule has 0 spiro atoms. The first-order valence-electron chi connectivity index (χ1n) is 10.6. The number of nitrogens with zero attached hydrogens (tertiary/aromatic N) is 2. The summed E-state index contributed by atoms with van der Waals surface area (Å²) in [6.45, 7) is 3.76. The smallest absolute Gasteiger partial charge is 0.127 e. The van der Waals surface area contributed by atoms with Gasteiger partial charge in [0.1, 0.15) is 17.2 Å². The third-order valence-electron chi connectivity index (χ3n) is 5.36. The molecule has 0 unspecified atom stereocenters. The lowest BCUT2D eigenvalue weighted by Crippen LogP contribution is -2.19. The van der Waals surface area contributed by atoms with E-state index < -0.39 is 0 Å². The first kappa shape index (κ1) is 20.3. The van der Waals surface area contributed by atoms with E-state index in [9.17, 15) is 0 Å². The zero-order valence-electron chi connectivity index (χ0n) is 17.9. The molecule has 0 fully saturated rings. The number of ether oxygens (including phenoxy) is 2. The molecule has 0 N–H and O–H groups in total. The van der Waals surface area contributed by atoms with Crippen molar-refractivity contribution < 1.29 is 9.47 Å². The Morgan fingerprint density at radius 3 is 2.23 bits per heavy atom. The van der Waals surface area contributed by atoms with Gasteiger partial charge < -0.3 is 19.3 Å². The van der Waals surface area contributed by atoms with E-state index in [1.165, 1.54) is 16.8 Å². The second kappa shape index (κ2) is 9.68. The standard InChI is InChI=1S/C26H30N2O2/c1-27(2)17-5-19-29-23-12-14-25(15-13-23)30-24-10-8-21(9-11-24)20-28-18-16-22-6-3-4-7-26(22)28/h3-4,6-15H,5,16-20H2,1-2H3. The highest BCUT2D eigenvalue weighted by Gasteiger charge is 2.18. The van der Waals surface area contributed by atoms with Crippen LogP contribution in [0.25, 0.3) is 0 Å². The fourth-order valence-corrected chi connectivity index (χ4v) is 3.76. The summed E-state index contributed by atoms with van der Waals surface area (Å²) in [7, 11) is 4.15. The van der Waals surface area contributed by atoms with Crippen LogP contribution in [-0.4, -0.2) is 38.7 Å². The highest BCUT2D eigenvalue weighted by Crippen LogP contribution is 2.29. The molecule has 0 atom stereocenters. The van der Waals surface area contributed by atoms with Gasteiger partial charge in [-0.15, -0.1) is 0 Å². The second-order valence-electron chi connectivity index (χ2n) is 8.02. The predicted octanol–water partition coefficient (Wildman–Crippen LogP) is 5.37. The fourth-order valence-electron chi connectivity index (χ4n) is 3.76. The minimum absolute atomic E-state index is 0.724.